The lowest BCUT2D eigenvalue weighted by molar-refractivity contribution is -0.115. The van der Waals surface area contributed by atoms with Gasteiger partial charge in [-0.2, -0.15) is 0 Å². The van der Waals surface area contributed by atoms with E-state index in [1.165, 1.54) is 16.0 Å². The standard InChI is InChI=1S/C23H24N4OS2/c1-15-8-4-5-9-18(15)25-21(28)12-22-24-17(14-29-22)13-27(3)16(2)23-26-19-10-6-7-11-20(19)30-23/h4-11,14,16H,12-13H2,1-3H3,(H,25,28). The fourth-order valence-corrected chi connectivity index (χ4v) is 5.07. The molecule has 0 radical (unpaired) electrons. The van der Waals surface area contributed by atoms with Gasteiger partial charge in [0, 0.05) is 17.6 Å². The molecule has 0 saturated carbocycles. The third kappa shape index (κ3) is 4.75. The average Bonchev–Trinajstić information content (AvgIpc) is 3.35. The van der Waals surface area contributed by atoms with E-state index in [2.05, 4.69) is 41.3 Å². The van der Waals surface area contributed by atoms with Crippen molar-refractivity contribution in [3.63, 3.8) is 0 Å². The maximum Gasteiger partial charge on any atom is 0.231 e. The van der Waals surface area contributed by atoms with Gasteiger partial charge in [0.1, 0.15) is 10.0 Å². The van der Waals surface area contributed by atoms with Crippen molar-refractivity contribution in [3.8, 4) is 0 Å². The largest absolute Gasteiger partial charge is 0.325 e. The molecule has 0 aliphatic rings. The normalized spacial score (nSPS) is 12.4. The van der Waals surface area contributed by atoms with Gasteiger partial charge in [-0.05, 0) is 44.7 Å². The third-order valence-corrected chi connectivity index (χ3v) is 7.17. The van der Waals surface area contributed by atoms with Crippen molar-refractivity contribution in [2.45, 2.75) is 32.9 Å². The molecule has 1 unspecified atom stereocenters. The van der Waals surface area contributed by atoms with Crippen molar-refractivity contribution >= 4 is 44.5 Å². The van der Waals surface area contributed by atoms with Crippen molar-refractivity contribution in [2.24, 2.45) is 0 Å². The summed E-state index contributed by atoms with van der Waals surface area (Å²) in [4.78, 5) is 24.1. The van der Waals surface area contributed by atoms with Gasteiger partial charge in [0.25, 0.3) is 0 Å². The molecule has 0 aliphatic carbocycles. The Labute approximate surface area is 184 Å². The number of hydrogen-bond acceptors (Lipinski definition) is 6. The minimum Gasteiger partial charge on any atom is -0.325 e. The number of benzene rings is 2. The molecule has 0 spiro atoms. The average molecular weight is 437 g/mol. The lowest BCUT2D eigenvalue weighted by Crippen LogP contribution is -2.22. The zero-order chi connectivity index (χ0) is 21.1. The Morgan fingerprint density at radius 3 is 2.70 bits per heavy atom. The Hall–Kier alpha value is -2.61. The molecule has 5 nitrogen and oxygen atoms in total. The van der Waals surface area contributed by atoms with Crippen LogP contribution in [0.4, 0.5) is 5.69 Å². The highest BCUT2D eigenvalue weighted by molar-refractivity contribution is 7.18. The van der Waals surface area contributed by atoms with Crippen LogP contribution in [0.25, 0.3) is 10.2 Å². The number of para-hydroxylation sites is 2. The predicted molar refractivity (Wildman–Crippen MR) is 125 cm³/mol. The number of hydrogen-bond donors (Lipinski definition) is 1. The number of anilines is 1. The molecule has 0 fully saturated rings. The summed E-state index contributed by atoms with van der Waals surface area (Å²) >= 11 is 3.27. The molecule has 30 heavy (non-hydrogen) atoms. The van der Waals surface area contributed by atoms with Crippen molar-refractivity contribution in [1.29, 1.82) is 0 Å². The first-order valence-corrected chi connectivity index (χ1v) is 11.5. The molecule has 0 saturated heterocycles. The molecular weight excluding hydrogens is 412 g/mol. The fourth-order valence-electron chi connectivity index (χ4n) is 3.20. The van der Waals surface area contributed by atoms with Crippen LogP contribution in [0.15, 0.2) is 53.9 Å². The maximum absolute atomic E-state index is 12.4. The lowest BCUT2D eigenvalue weighted by Gasteiger charge is -2.21. The van der Waals surface area contributed by atoms with E-state index in [4.69, 9.17) is 4.98 Å². The van der Waals surface area contributed by atoms with Gasteiger partial charge in [-0.3, -0.25) is 9.69 Å². The van der Waals surface area contributed by atoms with Gasteiger partial charge in [0.15, 0.2) is 0 Å². The molecule has 4 rings (SSSR count). The Bertz CT molecular complexity index is 1130. The number of aryl methyl sites for hydroxylation is 1. The molecule has 2 aromatic carbocycles. The van der Waals surface area contributed by atoms with Gasteiger partial charge in [0.05, 0.1) is 28.4 Å². The van der Waals surface area contributed by atoms with Gasteiger partial charge in [-0.15, -0.1) is 22.7 Å². The first-order valence-electron chi connectivity index (χ1n) is 9.84. The maximum atomic E-state index is 12.4. The number of amides is 1. The molecule has 0 bridgehead atoms. The van der Waals surface area contributed by atoms with E-state index < -0.39 is 0 Å². The molecule has 4 aromatic rings. The van der Waals surface area contributed by atoms with E-state index in [0.717, 1.165) is 32.5 Å². The summed E-state index contributed by atoms with van der Waals surface area (Å²) in [7, 11) is 2.08. The second-order valence-electron chi connectivity index (χ2n) is 7.38. The van der Waals surface area contributed by atoms with Crippen molar-refractivity contribution in [3.05, 3.63) is 75.2 Å². The SMILES string of the molecule is Cc1ccccc1NC(=O)Cc1nc(CN(C)C(C)c2nc3ccccc3s2)cs1. The van der Waals surface area contributed by atoms with E-state index in [9.17, 15) is 4.79 Å². The van der Waals surface area contributed by atoms with E-state index in [1.54, 1.807) is 11.3 Å². The van der Waals surface area contributed by atoms with Crippen molar-refractivity contribution < 1.29 is 4.79 Å². The number of carbonyl (C=O) groups is 1. The Balaban J connectivity index is 1.36. The summed E-state index contributed by atoms with van der Waals surface area (Å²) in [5, 5.41) is 6.95. The summed E-state index contributed by atoms with van der Waals surface area (Å²) in [6.07, 6.45) is 0.288. The quantitative estimate of drug-likeness (QED) is 0.419. The topological polar surface area (TPSA) is 58.1 Å². The number of nitrogens with one attached hydrogen (secondary N) is 1. The number of fused-ring (bicyclic) bond motifs is 1. The molecule has 0 aliphatic heterocycles. The first-order chi connectivity index (χ1) is 14.5. The van der Waals surface area contributed by atoms with Crippen LogP contribution in [0.1, 0.15) is 34.2 Å². The van der Waals surface area contributed by atoms with Crippen LogP contribution >= 0.6 is 22.7 Å². The highest BCUT2D eigenvalue weighted by Crippen LogP contribution is 2.29. The highest BCUT2D eigenvalue weighted by atomic mass is 32.1. The van der Waals surface area contributed by atoms with Crippen LogP contribution in [0.2, 0.25) is 0 Å². The molecule has 2 heterocycles. The van der Waals surface area contributed by atoms with Gasteiger partial charge in [-0.1, -0.05) is 30.3 Å². The second-order valence-corrected chi connectivity index (χ2v) is 9.39. The van der Waals surface area contributed by atoms with Crippen molar-refractivity contribution in [2.75, 3.05) is 12.4 Å². The van der Waals surface area contributed by atoms with Gasteiger partial charge >= 0.3 is 0 Å². The Morgan fingerprint density at radius 1 is 1.13 bits per heavy atom. The molecule has 1 amide bonds. The fraction of sp³-hybridized carbons (Fsp3) is 0.261. The van der Waals surface area contributed by atoms with E-state index in [1.807, 2.05) is 48.7 Å². The summed E-state index contributed by atoms with van der Waals surface area (Å²) in [5.74, 6) is -0.0404. The number of thiazole rings is 2. The van der Waals surface area contributed by atoms with Gasteiger partial charge in [0.2, 0.25) is 5.91 Å². The molecule has 154 valence electrons. The smallest absolute Gasteiger partial charge is 0.231 e. The lowest BCUT2D eigenvalue weighted by atomic mass is 10.2. The minimum atomic E-state index is -0.0404. The van der Waals surface area contributed by atoms with E-state index >= 15 is 0 Å². The third-order valence-electron chi connectivity index (χ3n) is 5.07. The highest BCUT2D eigenvalue weighted by Gasteiger charge is 2.18. The minimum absolute atomic E-state index is 0.0404. The molecule has 2 aromatic heterocycles. The van der Waals surface area contributed by atoms with E-state index in [0.29, 0.717) is 6.54 Å². The van der Waals surface area contributed by atoms with Gasteiger partial charge < -0.3 is 5.32 Å². The van der Waals surface area contributed by atoms with Crippen LogP contribution in [-0.2, 0) is 17.8 Å². The Kier molecular flexibility index (Phi) is 6.22. The zero-order valence-electron chi connectivity index (χ0n) is 17.3. The van der Waals surface area contributed by atoms with Crippen LogP contribution < -0.4 is 5.32 Å². The van der Waals surface area contributed by atoms with E-state index in [-0.39, 0.29) is 18.4 Å². The number of rotatable bonds is 7. The van der Waals surface area contributed by atoms with Crippen LogP contribution in [-0.4, -0.2) is 27.8 Å². The summed E-state index contributed by atoms with van der Waals surface area (Å²) in [6, 6.07) is 16.2. The predicted octanol–water partition coefficient (Wildman–Crippen LogP) is 5.44. The van der Waals surface area contributed by atoms with Crippen LogP contribution in [0.5, 0.6) is 0 Å². The summed E-state index contributed by atoms with van der Waals surface area (Å²) in [6.45, 7) is 4.87. The first kappa shape index (κ1) is 20.7. The molecule has 7 heteroatoms. The number of nitrogens with zero attached hydrogens (tertiary/aromatic N) is 3. The van der Waals surface area contributed by atoms with Crippen molar-refractivity contribution in [1.82, 2.24) is 14.9 Å². The summed E-state index contributed by atoms with van der Waals surface area (Å²) in [5.41, 5.74) is 3.93. The second kappa shape index (κ2) is 9.04. The zero-order valence-corrected chi connectivity index (χ0v) is 18.9. The molecule has 1 atom stereocenters. The monoisotopic (exact) mass is 436 g/mol. The summed E-state index contributed by atoms with van der Waals surface area (Å²) < 4.78 is 1.21. The number of aromatic nitrogens is 2. The Morgan fingerprint density at radius 2 is 1.90 bits per heavy atom. The van der Waals surface area contributed by atoms with Crippen LogP contribution in [0.3, 0.4) is 0 Å². The molecular formula is C23H24N4OS2. The van der Waals surface area contributed by atoms with Crippen LogP contribution in [0, 0.1) is 6.92 Å². The van der Waals surface area contributed by atoms with Gasteiger partial charge in [-0.25, -0.2) is 9.97 Å². The molecule has 1 N–H and O–H groups in total. The number of carbonyl (C=O) groups excluding carboxylic acids is 1.